The molecule has 6 heteroatoms. The molecule has 0 unspecified atom stereocenters. The van der Waals surface area contributed by atoms with Crippen molar-refractivity contribution in [2.75, 3.05) is 11.1 Å². The van der Waals surface area contributed by atoms with Crippen LogP contribution in [-0.2, 0) is 0 Å². The Morgan fingerprint density at radius 2 is 1.85 bits per heavy atom. The monoisotopic (exact) mass is 360 g/mol. The summed E-state index contributed by atoms with van der Waals surface area (Å²) >= 11 is 0. The highest BCUT2D eigenvalue weighted by Crippen LogP contribution is 2.27. The summed E-state index contributed by atoms with van der Waals surface area (Å²) in [5.41, 5.74) is 10.3. The van der Waals surface area contributed by atoms with E-state index in [1.807, 2.05) is 47.9 Å². The number of hydrogen-bond acceptors (Lipinski definition) is 3. The van der Waals surface area contributed by atoms with E-state index in [0.717, 1.165) is 22.3 Å². The molecule has 0 bridgehead atoms. The lowest BCUT2D eigenvalue weighted by molar-refractivity contribution is 0.102. The lowest BCUT2D eigenvalue weighted by Gasteiger charge is -2.11. The van der Waals surface area contributed by atoms with Crippen LogP contribution in [0.2, 0.25) is 0 Å². The largest absolute Gasteiger partial charge is 0.399 e. The number of benzene rings is 3. The maximum atomic E-state index is 13.1. The van der Waals surface area contributed by atoms with Crippen molar-refractivity contribution in [2.45, 2.75) is 6.92 Å². The van der Waals surface area contributed by atoms with Gasteiger partial charge in [0.05, 0.1) is 16.7 Å². The second-order valence-electron chi connectivity index (χ2n) is 6.32. The van der Waals surface area contributed by atoms with E-state index in [1.54, 1.807) is 6.07 Å². The zero-order valence-electron chi connectivity index (χ0n) is 14.6. The van der Waals surface area contributed by atoms with Gasteiger partial charge in [0.1, 0.15) is 5.82 Å². The molecule has 0 aliphatic heterocycles. The van der Waals surface area contributed by atoms with E-state index in [4.69, 9.17) is 5.73 Å². The topological polar surface area (TPSA) is 72.9 Å². The fourth-order valence-corrected chi connectivity index (χ4v) is 2.97. The number of fused-ring (bicyclic) bond motifs is 1. The van der Waals surface area contributed by atoms with Crippen molar-refractivity contribution in [1.82, 2.24) is 9.55 Å². The van der Waals surface area contributed by atoms with E-state index in [9.17, 15) is 9.18 Å². The molecule has 0 radical (unpaired) electrons. The van der Waals surface area contributed by atoms with Crippen LogP contribution >= 0.6 is 0 Å². The Hall–Kier alpha value is -3.67. The summed E-state index contributed by atoms with van der Waals surface area (Å²) in [6, 6.07) is 18.6. The number of rotatable bonds is 3. The van der Waals surface area contributed by atoms with Crippen molar-refractivity contribution < 1.29 is 9.18 Å². The van der Waals surface area contributed by atoms with Gasteiger partial charge in [0, 0.05) is 11.3 Å². The fraction of sp³-hybridized carbons (Fsp3) is 0.0476. The summed E-state index contributed by atoms with van der Waals surface area (Å²) in [7, 11) is 0. The number of nitrogens with two attached hydrogens (primary N) is 1. The normalized spacial score (nSPS) is 10.9. The predicted octanol–water partition coefficient (Wildman–Crippen LogP) is 4.31. The third-order valence-electron chi connectivity index (χ3n) is 4.27. The van der Waals surface area contributed by atoms with E-state index in [1.165, 1.54) is 24.3 Å². The van der Waals surface area contributed by atoms with Crippen LogP contribution in [0.3, 0.4) is 0 Å². The fourth-order valence-electron chi connectivity index (χ4n) is 2.97. The van der Waals surface area contributed by atoms with E-state index < -0.39 is 5.82 Å². The molecule has 4 rings (SSSR count). The van der Waals surface area contributed by atoms with Crippen molar-refractivity contribution in [3.63, 3.8) is 0 Å². The van der Waals surface area contributed by atoms with E-state index in [-0.39, 0.29) is 5.91 Å². The van der Waals surface area contributed by atoms with Gasteiger partial charge in [-0.05, 0) is 67.1 Å². The van der Waals surface area contributed by atoms with Crippen LogP contribution in [-0.4, -0.2) is 15.5 Å². The van der Waals surface area contributed by atoms with Crippen LogP contribution in [0.5, 0.6) is 0 Å². The van der Waals surface area contributed by atoms with Gasteiger partial charge in [-0.2, -0.15) is 0 Å². The van der Waals surface area contributed by atoms with Crippen LogP contribution in [0.25, 0.3) is 16.7 Å². The van der Waals surface area contributed by atoms with Gasteiger partial charge < -0.3 is 5.73 Å². The van der Waals surface area contributed by atoms with Crippen LogP contribution in [0.1, 0.15) is 15.9 Å². The average Bonchev–Trinajstić information content (AvgIpc) is 2.99. The molecular weight excluding hydrogens is 343 g/mol. The van der Waals surface area contributed by atoms with Gasteiger partial charge in [0.2, 0.25) is 5.95 Å². The minimum Gasteiger partial charge on any atom is -0.399 e. The standard InChI is InChI=1S/C21H17FN4O/c1-13-5-10-19-18(11-13)24-21(26(19)17-4-2-3-16(23)12-17)25-20(27)14-6-8-15(22)9-7-14/h2-12H,23H2,1H3,(H,24,25,27). The van der Waals surface area contributed by atoms with E-state index in [0.29, 0.717) is 17.2 Å². The summed E-state index contributed by atoms with van der Waals surface area (Å²) in [4.78, 5) is 17.2. The SMILES string of the molecule is Cc1ccc2c(c1)nc(NC(=O)c1ccc(F)cc1)n2-c1cccc(N)c1. The first-order valence-corrected chi connectivity index (χ1v) is 8.43. The smallest absolute Gasteiger partial charge is 0.257 e. The minimum absolute atomic E-state index is 0.346. The van der Waals surface area contributed by atoms with Crippen LogP contribution < -0.4 is 11.1 Å². The summed E-state index contributed by atoms with van der Waals surface area (Å²) in [5, 5.41) is 2.82. The Morgan fingerprint density at radius 3 is 2.59 bits per heavy atom. The molecule has 1 aromatic heterocycles. The summed E-state index contributed by atoms with van der Waals surface area (Å²) in [5.74, 6) is -0.392. The lowest BCUT2D eigenvalue weighted by atomic mass is 10.2. The number of amides is 1. The van der Waals surface area contributed by atoms with Crippen molar-refractivity contribution >= 4 is 28.6 Å². The number of anilines is 2. The molecule has 0 fully saturated rings. The molecule has 0 saturated heterocycles. The molecular formula is C21H17FN4O. The number of nitrogens with zero attached hydrogens (tertiary/aromatic N) is 2. The van der Waals surface area contributed by atoms with Gasteiger partial charge in [0.15, 0.2) is 0 Å². The van der Waals surface area contributed by atoms with Gasteiger partial charge in [-0.25, -0.2) is 9.37 Å². The molecule has 134 valence electrons. The molecule has 5 nitrogen and oxygen atoms in total. The molecule has 0 saturated carbocycles. The maximum absolute atomic E-state index is 13.1. The molecule has 3 N–H and O–H groups in total. The van der Waals surface area contributed by atoms with Crippen molar-refractivity contribution in [1.29, 1.82) is 0 Å². The highest BCUT2D eigenvalue weighted by molar-refractivity contribution is 6.04. The second kappa shape index (κ2) is 6.57. The Bertz CT molecular complexity index is 1150. The molecule has 0 aliphatic rings. The summed E-state index contributed by atoms with van der Waals surface area (Å²) < 4.78 is 15.0. The van der Waals surface area contributed by atoms with E-state index >= 15 is 0 Å². The first-order valence-electron chi connectivity index (χ1n) is 8.43. The number of carbonyl (C=O) groups excluding carboxylic acids is 1. The molecule has 27 heavy (non-hydrogen) atoms. The minimum atomic E-state index is -0.394. The van der Waals surface area contributed by atoms with Gasteiger partial charge in [-0.15, -0.1) is 0 Å². The van der Waals surface area contributed by atoms with Crippen molar-refractivity contribution in [3.8, 4) is 5.69 Å². The Kier molecular flexibility index (Phi) is 4.08. The van der Waals surface area contributed by atoms with Crippen molar-refractivity contribution in [3.05, 3.63) is 83.7 Å². The number of halogens is 1. The molecule has 0 aliphatic carbocycles. The van der Waals surface area contributed by atoms with Gasteiger partial charge >= 0.3 is 0 Å². The lowest BCUT2D eigenvalue weighted by Crippen LogP contribution is -2.15. The summed E-state index contributed by atoms with van der Waals surface area (Å²) in [6.07, 6.45) is 0. The molecule has 1 amide bonds. The molecule has 4 aromatic rings. The Labute approximate surface area is 155 Å². The number of aromatic nitrogens is 2. The zero-order chi connectivity index (χ0) is 19.0. The highest BCUT2D eigenvalue weighted by Gasteiger charge is 2.16. The third-order valence-corrected chi connectivity index (χ3v) is 4.27. The molecule has 3 aromatic carbocycles. The van der Waals surface area contributed by atoms with Crippen LogP contribution in [0.15, 0.2) is 66.7 Å². The number of carbonyl (C=O) groups is 1. The zero-order valence-corrected chi connectivity index (χ0v) is 14.6. The number of aryl methyl sites for hydroxylation is 1. The maximum Gasteiger partial charge on any atom is 0.257 e. The Morgan fingerprint density at radius 1 is 1.07 bits per heavy atom. The molecule has 1 heterocycles. The first-order chi connectivity index (χ1) is 13.0. The Balaban J connectivity index is 1.83. The number of nitrogens with one attached hydrogen (secondary N) is 1. The highest BCUT2D eigenvalue weighted by atomic mass is 19.1. The average molecular weight is 360 g/mol. The van der Waals surface area contributed by atoms with Crippen molar-refractivity contribution in [2.24, 2.45) is 0 Å². The first kappa shape index (κ1) is 16.8. The van der Waals surface area contributed by atoms with Crippen LogP contribution in [0, 0.1) is 12.7 Å². The molecule has 0 atom stereocenters. The van der Waals surface area contributed by atoms with Gasteiger partial charge in [-0.1, -0.05) is 12.1 Å². The van der Waals surface area contributed by atoms with Crippen LogP contribution in [0.4, 0.5) is 16.0 Å². The third kappa shape index (κ3) is 3.25. The quantitative estimate of drug-likeness (QED) is 0.535. The van der Waals surface area contributed by atoms with Gasteiger partial charge in [0.25, 0.3) is 5.91 Å². The summed E-state index contributed by atoms with van der Waals surface area (Å²) in [6.45, 7) is 1.98. The predicted molar refractivity (Wildman–Crippen MR) is 105 cm³/mol. The van der Waals surface area contributed by atoms with E-state index in [2.05, 4.69) is 10.3 Å². The van der Waals surface area contributed by atoms with Gasteiger partial charge in [-0.3, -0.25) is 14.7 Å². The number of hydrogen-bond donors (Lipinski definition) is 2. The second-order valence-corrected chi connectivity index (χ2v) is 6.32. The number of imidazole rings is 1. The number of nitrogen functional groups attached to an aromatic ring is 1. The molecule has 0 spiro atoms.